The molecule has 0 aromatic heterocycles. The molecule has 4 rings (SSSR count). The molecule has 3 aliphatic rings. The van der Waals surface area contributed by atoms with E-state index >= 15 is 0 Å². The van der Waals surface area contributed by atoms with Gasteiger partial charge in [0.25, 0.3) is 0 Å². The Morgan fingerprint density at radius 1 is 1.20 bits per heavy atom. The van der Waals surface area contributed by atoms with Crippen molar-refractivity contribution >= 4 is 5.91 Å². The molecule has 2 aliphatic carbocycles. The highest BCUT2D eigenvalue weighted by Gasteiger charge is 2.44. The lowest BCUT2D eigenvalue weighted by molar-refractivity contribution is -0.121. The number of benzene rings is 1. The third-order valence-corrected chi connectivity index (χ3v) is 5.58. The first-order valence-corrected chi connectivity index (χ1v) is 9.64. The summed E-state index contributed by atoms with van der Waals surface area (Å²) in [5.74, 6) is 1.50. The summed E-state index contributed by atoms with van der Waals surface area (Å²) < 4.78 is 0. The minimum absolute atomic E-state index is 0.146. The minimum atomic E-state index is 0.146. The molecule has 4 atom stereocenters. The van der Waals surface area contributed by atoms with E-state index in [9.17, 15) is 4.79 Å². The van der Waals surface area contributed by atoms with Gasteiger partial charge in [-0.3, -0.25) is 4.79 Å². The Balaban J connectivity index is 1.15. The van der Waals surface area contributed by atoms with Crippen LogP contribution >= 0.6 is 0 Å². The zero-order chi connectivity index (χ0) is 17.4. The molecule has 2 fully saturated rings. The van der Waals surface area contributed by atoms with Gasteiger partial charge in [0.15, 0.2) is 0 Å². The van der Waals surface area contributed by atoms with E-state index < -0.39 is 0 Å². The van der Waals surface area contributed by atoms with Crippen molar-refractivity contribution in [1.29, 1.82) is 0 Å². The van der Waals surface area contributed by atoms with Gasteiger partial charge in [-0.05, 0) is 60.8 Å². The molecule has 132 valence electrons. The lowest BCUT2D eigenvalue weighted by Crippen LogP contribution is -2.26. The fourth-order valence-corrected chi connectivity index (χ4v) is 3.96. The van der Waals surface area contributed by atoms with Crippen molar-refractivity contribution in [2.75, 3.05) is 0 Å². The van der Waals surface area contributed by atoms with Crippen LogP contribution in [0.15, 0.2) is 53.8 Å². The fraction of sp³-hybridized carbons (Fsp3) is 0.500. The SMILES string of the molecule is CC(C)CC1N[C@H]1CCC1=CC(NC(=O)C2CC2c2ccccc2)=C1. The van der Waals surface area contributed by atoms with Crippen molar-refractivity contribution in [2.45, 2.75) is 57.5 Å². The molecule has 0 radical (unpaired) electrons. The molecule has 1 amide bonds. The van der Waals surface area contributed by atoms with E-state index in [0.717, 1.165) is 30.5 Å². The average molecular weight is 336 g/mol. The summed E-state index contributed by atoms with van der Waals surface area (Å²) in [5, 5.41) is 6.65. The molecule has 1 aromatic carbocycles. The van der Waals surface area contributed by atoms with Gasteiger partial charge in [-0.15, -0.1) is 0 Å². The number of amides is 1. The Hall–Kier alpha value is -1.87. The second-order valence-corrected chi connectivity index (χ2v) is 8.22. The van der Waals surface area contributed by atoms with Crippen molar-refractivity contribution in [3.8, 4) is 0 Å². The summed E-state index contributed by atoms with van der Waals surface area (Å²) in [6.07, 6.45) is 8.85. The first-order chi connectivity index (χ1) is 12.1. The highest BCUT2D eigenvalue weighted by molar-refractivity contribution is 5.85. The van der Waals surface area contributed by atoms with Gasteiger partial charge in [0.1, 0.15) is 0 Å². The van der Waals surface area contributed by atoms with E-state index in [1.54, 1.807) is 0 Å². The van der Waals surface area contributed by atoms with Crippen molar-refractivity contribution in [2.24, 2.45) is 11.8 Å². The first-order valence-electron chi connectivity index (χ1n) is 9.64. The highest BCUT2D eigenvalue weighted by atomic mass is 16.2. The Bertz CT molecular complexity index is 704. The lowest BCUT2D eigenvalue weighted by Gasteiger charge is -2.16. The van der Waals surface area contributed by atoms with Gasteiger partial charge in [-0.25, -0.2) is 0 Å². The van der Waals surface area contributed by atoms with Crippen LogP contribution in [-0.4, -0.2) is 18.0 Å². The van der Waals surface area contributed by atoms with Crippen molar-refractivity contribution in [3.05, 3.63) is 59.3 Å². The quantitative estimate of drug-likeness (QED) is 0.708. The zero-order valence-corrected chi connectivity index (χ0v) is 15.2. The first kappa shape index (κ1) is 16.6. The molecule has 1 saturated heterocycles. The summed E-state index contributed by atoms with van der Waals surface area (Å²) in [6.45, 7) is 4.57. The van der Waals surface area contributed by atoms with Gasteiger partial charge < -0.3 is 10.6 Å². The number of carbonyl (C=O) groups is 1. The van der Waals surface area contributed by atoms with Crippen LogP contribution in [0.3, 0.4) is 0 Å². The third-order valence-electron chi connectivity index (χ3n) is 5.58. The fourth-order valence-electron chi connectivity index (χ4n) is 3.96. The maximum Gasteiger partial charge on any atom is 0.228 e. The Labute approximate surface area is 150 Å². The van der Waals surface area contributed by atoms with Crippen LogP contribution in [0.5, 0.6) is 0 Å². The minimum Gasteiger partial charge on any atom is -0.326 e. The van der Waals surface area contributed by atoms with Crippen LogP contribution < -0.4 is 10.6 Å². The summed E-state index contributed by atoms with van der Waals surface area (Å²) in [7, 11) is 0. The topological polar surface area (TPSA) is 51.0 Å². The largest absolute Gasteiger partial charge is 0.326 e. The van der Waals surface area contributed by atoms with Gasteiger partial charge in [-0.2, -0.15) is 0 Å². The van der Waals surface area contributed by atoms with E-state index in [2.05, 4.69) is 48.8 Å². The Kier molecular flexibility index (Phi) is 4.51. The maximum absolute atomic E-state index is 12.3. The van der Waals surface area contributed by atoms with Gasteiger partial charge >= 0.3 is 0 Å². The number of hydrogen-bond acceptors (Lipinski definition) is 2. The van der Waals surface area contributed by atoms with E-state index in [1.165, 1.54) is 24.0 Å². The van der Waals surface area contributed by atoms with Crippen LogP contribution in [0.1, 0.15) is 51.0 Å². The summed E-state index contributed by atoms with van der Waals surface area (Å²) >= 11 is 0. The third kappa shape index (κ3) is 4.04. The van der Waals surface area contributed by atoms with E-state index in [0.29, 0.717) is 12.0 Å². The van der Waals surface area contributed by atoms with Crippen LogP contribution in [0.25, 0.3) is 0 Å². The molecule has 1 heterocycles. The molecule has 1 saturated carbocycles. The zero-order valence-electron chi connectivity index (χ0n) is 15.2. The average Bonchev–Trinajstić information content (AvgIpc) is 3.45. The van der Waals surface area contributed by atoms with Crippen LogP contribution in [-0.2, 0) is 4.79 Å². The molecule has 1 aromatic rings. The van der Waals surface area contributed by atoms with Crippen molar-refractivity contribution in [1.82, 2.24) is 10.6 Å². The molecule has 0 spiro atoms. The number of allylic oxidation sites excluding steroid dienone is 3. The molecule has 0 bridgehead atoms. The number of hydrogen-bond donors (Lipinski definition) is 2. The van der Waals surface area contributed by atoms with Crippen molar-refractivity contribution < 1.29 is 4.79 Å². The number of nitrogens with one attached hydrogen (secondary N) is 2. The van der Waals surface area contributed by atoms with Gasteiger partial charge in [0.2, 0.25) is 5.91 Å². The van der Waals surface area contributed by atoms with Crippen molar-refractivity contribution in [3.63, 3.8) is 0 Å². The Morgan fingerprint density at radius 2 is 1.96 bits per heavy atom. The molecule has 3 nitrogen and oxygen atoms in total. The van der Waals surface area contributed by atoms with E-state index in [4.69, 9.17) is 0 Å². The second kappa shape index (κ2) is 6.80. The number of rotatable bonds is 8. The lowest BCUT2D eigenvalue weighted by atomic mass is 9.97. The van der Waals surface area contributed by atoms with Gasteiger partial charge in [0.05, 0.1) is 0 Å². The summed E-state index contributed by atoms with van der Waals surface area (Å²) in [5.41, 5.74) is 3.64. The smallest absolute Gasteiger partial charge is 0.228 e. The summed E-state index contributed by atoms with van der Waals surface area (Å²) in [6, 6.07) is 11.8. The monoisotopic (exact) mass is 336 g/mol. The predicted molar refractivity (Wildman–Crippen MR) is 101 cm³/mol. The van der Waals surface area contributed by atoms with E-state index in [-0.39, 0.29) is 11.8 Å². The number of carbonyl (C=O) groups excluding carboxylic acids is 1. The normalized spacial score (nSPS) is 29.6. The predicted octanol–water partition coefficient (Wildman–Crippen LogP) is 3.90. The van der Waals surface area contributed by atoms with Gasteiger partial charge in [0, 0.05) is 23.7 Å². The van der Waals surface area contributed by atoms with Gasteiger partial charge in [-0.1, -0.05) is 44.2 Å². The van der Waals surface area contributed by atoms with Crippen LogP contribution in [0.4, 0.5) is 0 Å². The molecule has 1 aliphatic heterocycles. The molecule has 3 heteroatoms. The second-order valence-electron chi connectivity index (χ2n) is 8.22. The standard InChI is InChI=1S/C22H28N2O/c1-14(2)10-21-20(24-21)9-8-15-11-17(12-15)23-22(25)19-13-18(19)16-6-4-3-5-7-16/h3-7,11-12,14,18-21,24H,8-10,13H2,1-2H3,(H,23,25)/t18?,19?,20-,21?/m0/s1. The molecular formula is C22H28N2O. The maximum atomic E-state index is 12.3. The Morgan fingerprint density at radius 3 is 2.68 bits per heavy atom. The van der Waals surface area contributed by atoms with Crippen LogP contribution in [0.2, 0.25) is 0 Å². The molecule has 25 heavy (non-hydrogen) atoms. The van der Waals surface area contributed by atoms with Crippen LogP contribution in [0, 0.1) is 11.8 Å². The molecule has 2 N–H and O–H groups in total. The summed E-state index contributed by atoms with van der Waals surface area (Å²) in [4.78, 5) is 12.3. The highest BCUT2D eigenvalue weighted by Crippen LogP contribution is 2.47. The van der Waals surface area contributed by atoms with E-state index in [1.807, 2.05) is 18.2 Å². The molecule has 3 unspecified atom stereocenters. The molecular weight excluding hydrogens is 308 g/mol.